The van der Waals surface area contributed by atoms with Gasteiger partial charge in [-0.15, -0.1) is 5.10 Å². The van der Waals surface area contributed by atoms with Gasteiger partial charge in [-0.25, -0.2) is 9.50 Å². The number of aromatic nitrogens is 7. The Bertz CT molecular complexity index is 1110. The Balaban J connectivity index is 1.86. The Kier molecular flexibility index (Phi) is 2.98. The third-order valence-corrected chi connectivity index (χ3v) is 3.43. The number of nitrogens with one attached hydrogen (secondary N) is 3. The van der Waals surface area contributed by atoms with Gasteiger partial charge in [-0.1, -0.05) is 11.2 Å². The second kappa shape index (κ2) is 5.15. The minimum Gasteiger partial charge on any atom is -0.496 e. The number of carbonyl (C=O) groups excluding carboxylic acids is 1. The van der Waals surface area contributed by atoms with Crippen LogP contribution in [-0.4, -0.2) is 48.2 Å². The third-order valence-electron chi connectivity index (χ3n) is 3.43. The number of carbonyl (C=O) groups is 1. The molecule has 24 heavy (non-hydrogen) atoms. The van der Waals surface area contributed by atoms with Gasteiger partial charge in [-0.05, 0) is 17.3 Å². The van der Waals surface area contributed by atoms with Crippen LogP contribution in [0, 0.1) is 0 Å². The molecule has 4 aromatic rings. The molecule has 120 valence electrons. The van der Waals surface area contributed by atoms with Gasteiger partial charge < -0.3 is 4.74 Å². The van der Waals surface area contributed by atoms with Gasteiger partial charge >= 0.3 is 0 Å². The summed E-state index contributed by atoms with van der Waals surface area (Å²) in [6.07, 6.45) is 0. The number of benzene rings is 1. The van der Waals surface area contributed by atoms with E-state index in [0.717, 1.165) is 0 Å². The van der Waals surface area contributed by atoms with Crippen LogP contribution in [0.4, 0.5) is 5.95 Å². The molecule has 0 spiro atoms. The van der Waals surface area contributed by atoms with E-state index in [-0.39, 0.29) is 17.2 Å². The second-order valence-corrected chi connectivity index (χ2v) is 4.82. The van der Waals surface area contributed by atoms with Gasteiger partial charge in [0, 0.05) is 6.07 Å². The maximum Gasteiger partial charge on any atom is 0.284 e. The molecular formula is C13H10N8O3. The predicted octanol–water partition coefficient (Wildman–Crippen LogP) is -0.0502. The lowest BCUT2D eigenvalue weighted by molar-refractivity contribution is 0.102. The number of nitrogens with zero attached hydrogens (tertiary/aromatic N) is 5. The van der Waals surface area contributed by atoms with Gasteiger partial charge in [0.2, 0.25) is 0 Å². The maximum atomic E-state index is 12.7. The molecule has 0 saturated heterocycles. The first kappa shape index (κ1) is 13.9. The molecule has 0 bridgehead atoms. The topological polar surface area (TPSA) is 143 Å². The highest BCUT2D eigenvalue weighted by molar-refractivity contribution is 6.02. The summed E-state index contributed by atoms with van der Waals surface area (Å²) in [7, 11) is 1.47. The van der Waals surface area contributed by atoms with Crippen molar-refractivity contribution in [3.8, 4) is 5.75 Å². The van der Waals surface area contributed by atoms with E-state index >= 15 is 0 Å². The molecule has 0 aliphatic carbocycles. The minimum atomic E-state index is -0.530. The summed E-state index contributed by atoms with van der Waals surface area (Å²) in [4.78, 5) is 29.2. The lowest BCUT2D eigenvalue weighted by atomic mass is 10.2. The van der Waals surface area contributed by atoms with E-state index in [1.807, 2.05) is 0 Å². The first-order valence-corrected chi connectivity index (χ1v) is 6.80. The van der Waals surface area contributed by atoms with Crippen molar-refractivity contribution < 1.29 is 9.53 Å². The normalized spacial score (nSPS) is 11.0. The van der Waals surface area contributed by atoms with Crippen molar-refractivity contribution in [3.63, 3.8) is 0 Å². The maximum absolute atomic E-state index is 12.7. The van der Waals surface area contributed by atoms with Gasteiger partial charge in [-0.3, -0.25) is 20.0 Å². The fourth-order valence-electron chi connectivity index (χ4n) is 2.37. The summed E-state index contributed by atoms with van der Waals surface area (Å²) in [6, 6.07) is 6.56. The van der Waals surface area contributed by atoms with Gasteiger partial charge in [0.05, 0.1) is 12.6 Å². The molecule has 3 N–H and O–H groups in total. The molecule has 0 unspecified atom stereocenters. The van der Waals surface area contributed by atoms with Crippen LogP contribution < -0.4 is 15.6 Å². The fraction of sp³-hybridized carbons (Fsp3) is 0.0769. The highest BCUT2D eigenvalue weighted by Gasteiger charge is 2.16. The van der Waals surface area contributed by atoms with Crippen molar-refractivity contribution >= 4 is 28.4 Å². The zero-order chi connectivity index (χ0) is 16.7. The van der Waals surface area contributed by atoms with E-state index in [1.165, 1.54) is 17.7 Å². The number of methoxy groups -OCH3 is 1. The molecule has 4 rings (SSSR count). The number of hydrogen-bond donors (Lipinski definition) is 3. The van der Waals surface area contributed by atoms with E-state index in [0.29, 0.717) is 22.3 Å². The summed E-state index contributed by atoms with van der Waals surface area (Å²) in [6.45, 7) is 0. The number of anilines is 1. The zero-order valence-corrected chi connectivity index (χ0v) is 12.3. The Morgan fingerprint density at radius 2 is 2.25 bits per heavy atom. The number of H-pyrrole nitrogens is 2. The van der Waals surface area contributed by atoms with E-state index in [4.69, 9.17) is 4.74 Å². The number of tetrazole rings is 1. The number of hydrogen-bond acceptors (Lipinski definition) is 7. The highest BCUT2D eigenvalue weighted by atomic mass is 16.5. The molecule has 11 heteroatoms. The molecule has 0 atom stereocenters. The molecule has 0 saturated carbocycles. The Hall–Kier alpha value is -3.76. The van der Waals surface area contributed by atoms with Crippen molar-refractivity contribution in [2.24, 2.45) is 0 Å². The Morgan fingerprint density at radius 1 is 1.38 bits per heavy atom. The lowest BCUT2D eigenvalue weighted by Gasteiger charge is -2.04. The van der Waals surface area contributed by atoms with Crippen molar-refractivity contribution in [1.29, 1.82) is 0 Å². The molecule has 1 amide bonds. The van der Waals surface area contributed by atoms with Crippen molar-refractivity contribution in [1.82, 2.24) is 35.2 Å². The standard InChI is InChI=1S/C13H10N8O3/c1-24-8-4-2-3-6-10(8)12(23)21-9(14-6)5-7(18-21)11(22)15-13-16-19-20-17-13/h2-5,18H,1H3,(H2,15,16,17,19,20,22). The largest absolute Gasteiger partial charge is 0.496 e. The van der Waals surface area contributed by atoms with E-state index in [2.05, 4.69) is 36.0 Å². The number of amides is 1. The summed E-state index contributed by atoms with van der Waals surface area (Å²) in [5, 5.41) is 18.3. The molecule has 0 fully saturated rings. The monoisotopic (exact) mass is 326 g/mol. The van der Waals surface area contributed by atoms with Crippen LogP contribution in [0.5, 0.6) is 5.75 Å². The summed E-state index contributed by atoms with van der Waals surface area (Å²) in [5.74, 6) is -0.102. The Morgan fingerprint density at radius 3 is 3.00 bits per heavy atom. The number of ether oxygens (including phenoxy) is 1. The van der Waals surface area contributed by atoms with Crippen molar-refractivity contribution in [2.75, 3.05) is 12.4 Å². The van der Waals surface area contributed by atoms with Crippen LogP contribution in [0.25, 0.3) is 16.6 Å². The number of fused-ring (bicyclic) bond motifs is 2. The van der Waals surface area contributed by atoms with Crippen LogP contribution in [0.1, 0.15) is 10.5 Å². The van der Waals surface area contributed by atoms with Crippen LogP contribution in [-0.2, 0) is 0 Å². The summed E-state index contributed by atoms with van der Waals surface area (Å²) >= 11 is 0. The summed E-state index contributed by atoms with van der Waals surface area (Å²) < 4.78 is 6.38. The van der Waals surface area contributed by atoms with Crippen LogP contribution in [0.2, 0.25) is 0 Å². The summed E-state index contributed by atoms with van der Waals surface area (Å²) in [5.41, 5.74) is 0.534. The van der Waals surface area contributed by atoms with Crippen LogP contribution in [0.15, 0.2) is 29.1 Å². The quantitative estimate of drug-likeness (QED) is 0.479. The SMILES string of the molecule is COc1cccc2nc3cc(C(=O)Nc4nn[nH]n4)[nH]n3c(=O)c12. The molecule has 3 aromatic heterocycles. The average molecular weight is 326 g/mol. The molecule has 0 aliphatic heterocycles. The van der Waals surface area contributed by atoms with Gasteiger partial charge in [-0.2, -0.15) is 5.21 Å². The highest BCUT2D eigenvalue weighted by Crippen LogP contribution is 2.21. The van der Waals surface area contributed by atoms with Crippen LogP contribution >= 0.6 is 0 Å². The lowest BCUT2D eigenvalue weighted by Crippen LogP contribution is -2.18. The van der Waals surface area contributed by atoms with Gasteiger partial charge in [0.25, 0.3) is 17.4 Å². The van der Waals surface area contributed by atoms with Crippen molar-refractivity contribution in [3.05, 3.63) is 40.3 Å². The average Bonchev–Trinajstić information content (AvgIpc) is 3.23. The minimum absolute atomic E-state index is 0.0193. The van der Waals surface area contributed by atoms with Gasteiger partial charge in [0.15, 0.2) is 5.65 Å². The first-order chi connectivity index (χ1) is 11.7. The molecule has 11 nitrogen and oxygen atoms in total. The number of rotatable bonds is 3. The molecular weight excluding hydrogens is 316 g/mol. The predicted molar refractivity (Wildman–Crippen MR) is 82.0 cm³/mol. The fourth-order valence-corrected chi connectivity index (χ4v) is 2.37. The zero-order valence-electron chi connectivity index (χ0n) is 12.3. The van der Waals surface area contributed by atoms with Gasteiger partial charge in [0.1, 0.15) is 16.8 Å². The van der Waals surface area contributed by atoms with E-state index in [1.54, 1.807) is 18.2 Å². The molecule has 0 radical (unpaired) electrons. The van der Waals surface area contributed by atoms with E-state index < -0.39 is 5.91 Å². The van der Waals surface area contributed by atoms with Crippen LogP contribution in [0.3, 0.4) is 0 Å². The molecule has 0 aliphatic rings. The Labute approximate surface area is 132 Å². The van der Waals surface area contributed by atoms with E-state index in [9.17, 15) is 9.59 Å². The third kappa shape index (κ3) is 2.06. The van der Waals surface area contributed by atoms with Crippen molar-refractivity contribution in [2.45, 2.75) is 0 Å². The second-order valence-electron chi connectivity index (χ2n) is 4.82. The smallest absolute Gasteiger partial charge is 0.284 e. The first-order valence-electron chi connectivity index (χ1n) is 6.80. The molecule has 3 heterocycles. The molecule has 1 aromatic carbocycles. The number of aromatic amines is 2.